The van der Waals surface area contributed by atoms with Crippen molar-refractivity contribution in [3.63, 3.8) is 0 Å². The lowest BCUT2D eigenvalue weighted by Gasteiger charge is -2.22. The van der Waals surface area contributed by atoms with Gasteiger partial charge < -0.3 is 10.0 Å². The number of fused-ring (bicyclic) bond motifs is 1. The molecule has 0 saturated heterocycles. The first-order valence-corrected chi connectivity index (χ1v) is 6.24. The van der Waals surface area contributed by atoms with Gasteiger partial charge in [-0.15, -0.1) is 10.2 Å². The van der Waals surface area contributed by atoms with Crippen LogP contribution in [0.1, 0.15) is 5.56 Å². The van der Waals surface area contributed by atoms with E-state index in [0.29, 0.717) is 17.1 Å². The van der Waals surface area contributed by atoms with E-state index in [1.165, 1.54) is 23.1 Å². The lowest BCUT2D eigenvalue weighted by Crippen LogP contribution is -2.35. The number of hydrogen-bond donors (Lipinski definition) is 1. The largest absolute Gasteiger partial charge is 0.480 e. The molecule has 1 aromatic carbocycles. The van der Waals surface area contributed by atoms with Crippen LogP contribution in [0.5, 0.6) is 0 Å². The second kappa shape index (κ2) is 4.72. The lowest BCUT2D eigenvalue weighted by atomic mass is 10.1. The number of carboxylic acid groups (broad SMARTS) is 1. The summed E-state index contributed by atoms with van der Waals surface area (Å²) >= 11 is 5.67. The summed E-state index contributed by atoms with van der Waals surface area (Å²) < 4.78 is 13.8. The van der Waals surface area contributed by atoms with Gasteiger partial charge in [-0.05, 0) is 24.3 Å². The molecule has 0 amide bonds. The van der Waals surface area contributed by atoms with Crippen LogP contribution in [0.4, 0.5) is 15.9 Å². The van der Waals surface area contributed by atoms with Gasteiger partial charge in [-0.2, -0.15) is 0 Å². The predicted molar refractivity (Wildman–Crippen MR) is 70.7 cm³/mol. The minimum atomic E-state index is -1.04. The molecular weight excluding hydrogens is 285 g/mol. The maximum Gasteiger partial charge on any atom is 0.327 e. The summed E-state index contributed by atoms with van der Waals surface area (Å²) in [7, 11) is 0. The molecule has 0 spiro atoms. The van der Waals surface area contributed by atoms with Crippen molar-refractivity contribution < 1.29 is 14.3 Å². The van der Waals surface area contributed by atoms with Crippen LogP contribution in [0, 0.1) is 5.82 Å². The van der Waals surface area contributed by atoms with Crippen molar-refractivity contribution in [2.75, 3.05) is 4.90 Å². The summed E-state index contributed by atoms with van der Waals surface area (Å²) in [6.07, 6.45) is 0.0850. The number of aromatic nitrogens is 2. The Balaban J connectivity index is 2.13. The Hall–Kier alpha value is -2.21. The molecule has 0 radical (unpaired) electrons. The zero-order valence-corrected chi connectivity index (χ0v) is 10.9. The zero-order chi connectivity index (χ0) is 14.3. The smallest absolute Gasteiger partial charge is 0.327 e. The van der Waals surface area contributed by atoms with Crippen LogP contribution >= 0.6 is 11.6 Å². The molecule has 1 aliphatic rings. The first kappa shape index (κ1) is 12.8. The topological polar surface area (TPSA) is 66.3 Å². The number of rotatable bonds is 2. The highest BCUT2D eigenvalue weighted by Gasteiger charge is 2.37. The van der Waals surface area contributed by atoms with Crippen molar-refractivity contribution in [1.82, 2.24) is 10.2 Å². The molecule has 0 aliphatic carbocycles. The van der Waals surface area contributed by atoms with E-state index in [-0.39, 0.29) is 11.6 Å². The Kier molecular flexibility index (Phi) is 3.02. The lowest BCUT2D eigenvalue weighted by molar-refractivity contribution is -0.138. The summed E-state index contributed by atoms with van der Waals surface area (Å²) in [5.74, 6) is -1.14. The van der Waals surface area contributed by atoms with Gasteiger partial charge in [0.15, 0.2) is 11.0 Å². The molecule has 1 aliphatic heterocycles. The molecule has 1 N–H and O–H groups in total. The van der Waals surface area contributed by atoms with Crippen molar-refractivity contribution in [1.29, 1.82) is 0 Å². The third-order valence-corrected chi connectivity index (χ3v) is 3.41. The highest BCUT2D eigenvalue weighted by molar-refractivity contribution is 6.29. The van der Waals surface area contributed by atoms with Gasteiger partial charge in [0.25, 0.3) is 0 Å². The number of carboxylic acids is 1. The third kappa shape index (κ3) is 1.98. The fourth-order valence-electron chi connectivity index (χ4n) is 2.35. The van der Waals surface area contributed by atoms with Gasteiger partial charge in [-0.3, -0.25) is 0 Å². The summed E-state index contributed by atoms with van der Waals surface area (Å²) in [5, 5.41) is 17.1. The van der Waals surface area contributed by atoms with E-state index in [4.69, 9.17) is 11.6 Å². The molecule has 2 aromatic rings. The minimum Gasteiger partial charge on any atom is -0.480 e. The van der Waals surface area contributed by atoms with Crippen LogP contribution in [-0.2, 0) is 11.2 Å². The van der Waals surface area contributed by atoms with Gasteiger partial charge in [-0.25, -0.2) is 9.18 Å². The second-order valence-electron chi connectivity index (χ2n) is 4.38. The van der Waals surface area contributed by atoms with Crippen molar-refractivity contribution in [2.24, 2.45) is 0 Å². The Morgan fingerprint density at radius 3 is 2.80 bits per heavy atom. The average molecular weight is 294 g/mol. The second-order valence-corrected chi connectivity index (χ2v) is 4.77. The predicted octanol–water partition coefficient (Wildman–Crippen LogP) is 2.42. The van der Waals surface area contributed by atoms with Gasteiger partial charge in [0.2, 0.25) is 0 Å². The molecule has 5 nitrogen and oxygen atoms in total. The Morgan fingerprint density at radius 1 is 1.35 bits per heavy atom. The molecule has 102 valence electrons. The molecule has 1 unspecified atom stereocenters. The Labute approximate surface area is 118 Å². The Morgan fingerprint density at radius 2 is 2.15 bits per heavy atom. The highest BCUT2D eigenvalue weighted by Crippen LogP contribution is 2.38. The quantitative estimate of drug-likeness (QED) is 0.921. The van der Waals surface area contributed by atoms with Gasteiger partial charge >= 0.3 is 5.97 Å². The molecule has 7 heteroatoms. The number of carbonyl (C=O) groups is 1. The highest BCUT2D eigenvalue weighted by atomic mass is 35.5. The van der Waals surface area contributed by atoms with E-state index in [2.05, 4.69) is 10.2 Å². The van der Waals surface area contributed by atoms with Crippen molar-refractivity contribution >= 4 is 29.1 Å². The number of aliphatic carboxylic acids is 1. The maximum absolute atomic E-state index is 13.8. The normalized spacial score (nSPS) is 17.1. The number of anilines is 2. The maximum atomic E-state index is 13.8. The van der Waals surface area contributed by atoms with E-state index < -0.39 is 17.8 Å². The summed E-state index contributed by atoms with van der Waals surface area (Å²) in [4.78, 5) is 12.9. The van der Waals surface area contributed by atoms with Gasteiger partial charge in [0.05, 0.1) is 0 Å². The minimum absolute atomic E-state index is 0.0850. The molecule has 3 rings (SSSR count). The SMILES string of the molecule is O=C(O)C1Cc2c(F)cccc2N1c1ccc(Cl)nn1. The van der Waals surface area contributed by atoms with Crippen LogP contribution in [0.25, 0.3) is 0 Å². The number of halogens is 2. The molecule has 0 fully saturated rings. The summed E-state index contributed by atoms with van der Waals surface area (Å²) in [6, 6.07) is 6.68. The Bertz CT molecular complexity index is 678. The first-order chi connectivity index (χ1) is 9.58. The van der Waals surface area contributed by atoms with Crippen LogP contribution < -0.4 is 4.90 Å². The number of hydrogen-bond acceptors (Lipinski definition) is 4. The number of nitrogens with zero attached hydrogens (tertiary/aromatic N) is 3. The van der Waals surface area contributed by atoms with E-state index in [1.54, 1.807) is 12.1 Å². The summed E-state index contributed by atoms with van der Waals surface area (Å²) in [5.41, 5.74) is 0.866. The molecular formula is C13H9ClFN3O2. The average Bonchev–Trinajstić information content (AvgIpc) is 2.81. The van der Waals surface area contributed by atoms with Crippen LogP contribution in [-0.4, -0.2) is 27.3 Å². The molecule has 0 saturated carbocycles. The fraction of sp³-hybridized carbons (Fsp3) is 0.154. The van der Waals surface area contributed by atoms with Crippen LogP contribution in [0.3, 0.4) is 0 Å². The van der Waals surface area contributed by atoms with Gasteiger partial charge in [-0.1, -0.05) is 17.7 Å². The van der Waals surface area contributed by atoms with Crippen molar-refractivity contribution in [2.45, 2.75) is 12.5 Å². The molecule has 20 heavy (non-hydrogen) atoms. The van der Waals surface area contributed by atoms with E-state index in [1.807, 2.05) is 0 Å². The zero-order valence-electron chi connectivity index (χ0n) is 10.1. The van der Waals surface area contributed by atoms with E-state index in [9.17, 15) is 14.3 Å². The van der Waals surface area contributed by atoms with Crippen molar-refractivity contribution in [3.8, 4) is 0 Å². The van der Waals surface area contributed by atoms with Crippen LogP contribution in [0.15, 0.2) is 30.3 Å². The summed E-state index contributed by atoms with van der Waals surface area (Å²) in [6.45, 7) is 0. The van der Waals surface area contributed by atoms with E-state index >= 15 is 0 Å². The van der Waals surface area contributed by atoms with Crippen molar-refractivity contribution in [3.05, 3.63) is 46.9 Å². The fourth-order valence-corrected chi connectivity index (χ4v) is 2.45. The molecule has 1 aromatic heterocycles. The monoisotopic (exact) mass is 293 g/mol. The van der Waals surface area contributed by atoms with Gasteiger partial charge in [0.1, 0.15) is 11.9 Å². The first-order valence-electron chi connectivity index (χ1n) is 5.86. The standard InChI is InChI=1S/C13H9ClFN3O2/c14-11-4-5-12(17-16-11)18-9-3-1-2-8(15)7(9)6-10(18)13(19)20/h1-5,10H,6H2,(H,19,20). The van der Waals surface area contributed by atoms with Gasteiger partial charge in [0, 0.05) is 17.7 Å². The molecule has 1 atom stereocenters. The van der Waals surface area contributed by atoms with Crippen LogP contribution in [0.2, 0.25) is 5.15 Å². The third-order valence-electron chi connectivity index (χ3n) is 3.21. The van der Waals surface area contributed by atoms with E-state index in [0.717, 1.165) is 0 Å². The molecule has 0 bridgehead atoms. The molecule has 2 heterocycles. The number of benzene rings is 1.